The monoisotopic (exact) mass is 387 g/mol. The Morgan fingerprint density at radius 1 is 1.26 bits per heavy atom. The molecule has 0 aliphatic carbocycles. The Balaban J connectivity index is 1.74. The number of nitrogens with zero attached hydrogens (tertiary/aromatic N) is 3. The quantitative estimate of drug-likeness (QED) is 0.731. The van der Waals surface area contributed by atoms with Crippen molar-refractivity contribution in [3.05, 3.63) is 42.6 Å². The average molecular weight is 387 g/mol. The van der Waals surface area contributed by atoms with Crippen molar-refractivity contribution >= 4 is 27.1 Å². The summed E-state index contributed by atoms with van der Waals surface area (Å²) in [4.78, 5) is 15.3. The predicted octanol–water partition coefficient (Wildman–Crippen LogP) is 2.38. The van der Waals surface area contributed by atoms with Gasteiger partial charge in [0.2, 0.25) is 10.0 Å². The van der Waals surface area contributed by atoms with Crippen molar-refractivity contribution in [3.8, 4) is 11.3 Å². The van der Waals surface area contributed by atoms with Crippen LogP contribution >= 0.6 is 0 Å². The Kier molecular flexibility index (Phi) is 4.40. The highest BCUT2D eigenvalue weighted by Gasteiger charge is 2.33. The maximum absolute atomic E-state index is 13.0. The highest BCUT2D eigenvalue weighted by molar-refractivity contribution is 7.89. The van der Waals surface area contributed by atoms with Gasteiger partial charge in [0, 0.05) is 18.7 Å². The molecule has 1 fully saturated rings. The first-order valence-corrected chi connectivity index (χ1v) is 9.94. The summed E-state index contributed by atoms with van der Waals surface area (Å²) in [6, 6.07) is 10.8. The molecule has 0 saturated carbocycles. The summed E-state index contributed by atoms with van der Waals surface area (Å²) >= 11 is 0. The van der Waals surface area contributed by atoms with Gasteiger partial charge in [0.1, 0.15) is 10.6 Å². The Bertz CT molecular complexity index is 1090. The van der Waals surface area contributed by atoms with Crippen molar-refractivity contribution in [2.24, 2.45) is 5.92 Å². The van der Waals surface area contributed by atoms with E-state index in [9.17, 15) is 18.3 Å². The van der Waals surface area contributed by atoms with Crippen molar-refractivity contribution < 1.29 is 22.8 Å². The van der Waals surface area contributed by atoms with Crippen LogP contribution in [0.1, 0.15) is 12.8 Å². The maximum atomic E-state index is 13.0. The molecule has 1 aliphatic rings. The second-order valence-corrected chi connectivity index (χ2v) is 8.40. The molecule has 1 aromatic carbocycles. The third-order valence-electron chi connectivity index (χ3n) is 4.72. The number of sulfonamides is 1. The lowest BCUT2D eigenvalue weighted by molar-refractivity contribution is -0.142. The zero-order chi connectivity index (χ0) is 19.0. The van der Waals surface area contributed by atoms with Crippen LogP contribution in [-0.4, -0.2) is 47.0 Å². The van der Waals surface area contributed by atoms with Crippen LogP contribution in [0.4, 0.5) is 0 Å². The molecule has 1 aliphatic heterocycles. The van der Waals surface area contributed by atoms with Crippen LogP contribution in [0.2, 0.25) is 0 Å². The predicted molar refractivity (Wildman–Crippen MR) is 96.4 cm³/mol. The highest BCUT2D eigenvalue weighted by Crippen LogP contribution is 2.30. The second-order valence-electron chi connectivity index (χ2n) is 6.46. The number of fused-ring (bicyclic) bond motifs is 1. The molecule has 8 nitrogen and oxygen atoms in total. The molecule has 1 N–H and O–H groups in total. The Hall–Kier alpha value is -2.78. The van der Waals surface area contributed by atoms with E-state index in [0.717, 1.165) is 5.56 Å². The largest absolute Gasteiger partial charge is 0.481 e. The molecule has 2 aromatic heterocycles. The van der Waals surface area contributed by atoms with Crippen molar-refractivity contribution in [2.45, 2.75) is 17.7 Å². The molecular formula is C18H17N3O5S. The van der Waals surface area contributed by atoms with Crippen molar-refractivity contribution in [2.75, 3.05) is 13.1 Å². The van der Waals surface area contributed by atoms with E-state index in [1.165, 1.54) is 16.6 Å². The van der Waals surface area contributed by atoms with Crippen LogP contribution in [0.25, 0.3) is 22.4 Å². The number of pyridine rings is 1. The van der Waals surface area contributed by atoms with Gasteiger partial charge >= 0.3 is 5.97 Å². The van der Waals surface area contributed by atoms with Crippen molar-refractivity contribution in [3.63, 3.8) is 0 Å². The molecule has 27 heavy (non-hydrogen) atoms. The zero-order valence-electron chi connectivity index (χ0n) is 14.3. The molecule has 1 atom stereocenters. The Morgan fingerprint density at radius 2 is 2.04 bits per heavy atom. The molecule has 0 radical (unpaired) electrons. The summed E-state index contributed by atoms with van der Waals surface area (Å²) in [5.41, 5.74) is 1.54. The van der Waals surface area contributed by atoms with Gasteiger partial charge in [-0.15, -0.1) is 0 Å². The summed E-state index contributed by atoms with van der Waals surface area (Å²) < 4.78 is 32.5. The average Bonchev–Trinajstić information content (AvgIpc) is 3.12. The van der Waals surface area contributed by atoms with E-state index in [1.54, 1.807) is 0 Å². The summed E-state index contributed by atoms with van der Waals surface area (Å²) in [6.45, 7) is 0.254. The highest BCUT2D eigenvalue weighted by atomic mass is 32.2. The number of aliphatic carboxylic acids is 1. The number of rotatable bonds is 4. The summed E-state index contributed by atoms with van der Waals surface area (Å²) in [7, 11) is -3.86. The van der Waals surface area contributed by atoms with Gasteiger partial charge in [0.15, 0.2) is 0 Å². The van der Waals surface area contributed by atoms with Crippen molar-refractivity contribution in [1.29, 1.82) is 0 Å². The number of aromatic nitrogens is 2. The van der Waals surface area contributed by atoms with Crippen LogP contribution in [0.3, 0.4) is 0 Å². The maximum Gasteiger partial charge on any atom is 0.307 e. The number of carbonyl (C=O) groups is 1. The Morgan fingerprint density at radius 3 is 2.78 bits per heavy atom. The lowest BCUT2D eigenvalue weighted by atomic mass is 10.0. The normalized spacial score (nSPS) is 18.6. The minimum Gasteiger partial charge on any atom is -0.481 e. The van der Waals surface area contributed by atoms with Crippen LogP contribution in [0, 0.1) is 5.92 Å². The van der Waals surface area contributed by atoms with E-state index in [-0.39, 0.29) is 17.2 Å². The first-order valence-electron chi connectivity index (χ1n) is 8.50. The van der Waals surface area contributed by atoms with Gasteiger partial charge in [-0.25, -0.2) is 13.4 Å². The van der Waals surface area contributed by atoms with E-state index >= 15 is 0 Å². The summed E-state index contributed by atoms with van der Waals surface area (Å²) in [5, 5.41) is 13.7. The van der Waals surface area contributed by atoms with E-state index in [2.05, 4.69) is 10.1 Å². The standard InChI is InChI=1S/C18H17N3O5S/c22-18(23)13-7-4-8-21(11-13)27(24,25)14-9-15-16(12-5-2-1-3-6-12)20-26-17(15)19-10-14/h1-3,5-6,9-10,13H,4,7-8,11H2,(H,22,23). The molecule has 0 bridgehead atoms. The minimum absolute atomic E-state index is 0.00131. The molecule has 0 amide bonds. The van der Waals surface area contributed by atoms with Gasteiger partial charge in [0.25, 0.3) is 5.71 Å². The smallest absolute Gasteiger partial charge is 0.307 e. The molecule has 1 saturated heterocycles. The number of carboxylic acids is 1. The molecule has 0 spiro atoms. The van der Waals surface area contributed by atoms with Crippen LogP contribution < -0.4 is 0 Å². The summed E-state index contributed by atoms with van der Waals surface area (Å²) in [5.74, 6) is -1.67. The van der Waals surface area contributed by atoms with Crippen molar-refractivity contribution in [1.82, 2.24) is 14.4 Å². The van der Waals surface area contributed by atoms with Gasteiger partial charge in [-0.2, -0.15) is 4.31 Å². The van der Waals surface area contributed by atoms with Crippen LogP contribution in [0.5, 0.6) is 0 Å². The van der Waals surface area contributed by atoms with Gasteiger partial charge < -0.3 is 9.63 Å². The van der Waals surface area contributed by atoms with Crippen LogP contribution in [-0.2, 0) is 14.8 Å². The fourth-order valence-electron chi connectivity index (χ4n) is 3.27. The zero-order valence-corrected chi connectivity index (χ0v) is 15.1. The minimum atomic E-state index is -3.86. The SMILES string of the molecule is O=C(O)C1CCCN(S(=O)(=O)c2cnc3onc(-c4ccccc4)c3c2)C1. The summed E-state index contributed by atoms with van der Waals surface area (Å²) in [6.07, 6.45) is 2.21. The number of piperidine rings is 1. The number of hydrogen-bond donors (Lipinski definition) is 1. The lowest BCUT2D eigenvalue weighted by Gasteiger charge is -2.29. The van der Waals surface area contributed by atoms with E-state index in [4.69, 9.17) is 4.52 Å². The first-order chi connectivity index (χ1) is 13.0. The first kappa shape index (κ1) is 17.6. The lowest BCUT2D eigenvalue weighted by Crippen LogP contribution is -2.42. The van der Waals surface area contributed by atoms with Gasteiger partial charge in [0.05, 0.1) is 17.5 Å². The molecule has 3 heterocycles. The van der Waals surface area contributed by atoms with E-state index in [0.29, 0.717) is 30.5 Å². The topological polar surface area (TPSA) is 114 Å². The molecular weight excluding hydrogens is 370 g/mol. The van der Waals surface area contributed by atoms with Gasteiger partial charge in [-0.1, -0.05) is 35.5 Å². The molecule has 9 heteroatoms. The third kappa shape index (κ3) is 3.19. The van der Waals surface area contributed by atoms with Gasteiger partial charge in [-0.3, -0.25) is 4.79 Å². The number of benzene rings is 1. The van der Waals surface area contributed by atoms with Crippen LogP contribution in [0.15, 0.2) is 52.0 Å². The van der Waals surface area contributed by atoms with E-state index < -0.39 is 21.9 Å². The Labute approximate surface area is 155 Å². The fourth-order valence-corrected chi connectivity index (χ4v) is 4.77. The molecule has 3 aromatic rings. The second kappa shape index (κ2) is 6.75. The number of hydrogen-bond acceptors (Lipinski definition) is 6. The van der Waals surface area contributed by atoms with Gasteiger partial charge in [-0.05, 0) is 18.9 Å². The van der Waals surface area contributed by atoms with E-state index in [1.807, 2.05) is 30.3 Å². The number of carboxylic acid groups (broad SMARTS) is 1. The third-order valence-corrected chi connectivity index (χ3v) is 6.55. The molecule has 4 rings (SSSR count). The molecule has 140 valence electrons. The molecule has 1 unspecified atom stereocenters. The fraction of sp³-hybridized carbons (Fsp3) is 0.278.